The molecule has 0 fully saturated rings. The van der Waals surface area contributed by atoms with Gasteiger partial charge in [0.05, 0.1) is 11.2 Å². The Bertz CT molecular complexity index is 1980. The van der Waals surface area contributed by atoms with E-state index in [-0.39, 0.29) is 0 Å². The Morgan fingerprint density at radius 1 is 0.300 bits per heavy atom. The van der Waals surface area contributed by atoms with E-state index < -0.39 is 0 Å². The molecule has 186 valence electrons. The number of fused-ring (bicyclic) bond motifs is 3. The first-order valence-corrected chi connectivity index (χ1v) is 13.7. The molecule has 0 unspecified atom stereocenters. The van der Waals surface area contributed by atoms with Crippen LogP contribution in [0.4, 0.5) is 0 Å². The van der Waals surface area contributed by atoms with E-state index in [1.807, 2.05) is 0 Å². The molecule has 0 N–H and O–H groups in total. The number of nitrogens with zero attached hydrogens (tertiary/aromatic N) is 1. The van der Waals surface area contributed by atoms with Gasteiger partial charge < -0.3 is 0 Å². The summed E-state index contributed by atoms with van der Waals surface area (Å²) in [5.41, 5.74) is 15.5. The molecule has 1 heterocycles. The molecule has 0 amide bonds. The molecule has 0 aliphatic heterocycles. The first-order valence-electron chi connectivity index (χ1n) is 13.7. The lowest BCUT2D eigenvalue weighted by Gasteiger charge is -2.13. The van der Waals surface area contributed by atoms with Crippen LogP contribution < -0.4 is 0 Å². The van der Waals surface area contributed by atoms with Crippen molar-refractivity contribution in [3.63, 3.8) is 0 Å². The van der Waals surface area contributed by atoms with Crippen LogP contribution in [0.15, 0.2) is 152 Å². The molecule has 0 bridgehead atoms. The van der Waals surface area contributed by atoms with Crippen LogP contribution in [0.1, 0.15) is 0 Å². The third kappa shape index (κ3) is 3.75. The van der Waals surface area contributed by atoms with E-state index in [2.05, 4.69) is 152 Å². The third-order valence-electron chi connectivity index (χ3n) is 7.98. The van der Waals surface area contributed by atoms with Crippen LogP contribution >= 0.6 is 0 Å². The zero-order valence-electron chi connectivity index (χ0n) is 21.9. The molecule has 1 aromatic heterocycles. The zero-order chi connectivity index (χ0) is 26.5. The van der Waals surface area contributed by atoms with Gasteiger partial charge in [-0.05, 0) is 92.0 Å². The van der Waals surface area contributed by atoms with E-state index in [1.165, 1.54) is 61.0 Å². The average Bonchev–Trinajstić information content (AvgIpc) is 3.36. The van der Waals surface area contributed by atoms with E-state index in [0.29, 0.717) is 0 Å². The van der Waals surface area contributed by atoms with Crippen LogP contribution in [0, 0.1) is 0 Å². The van der Waals surface area contributed by atoms with Gasteiger partial charge >= 0.3 is 0 Å². The van der Waals surface area contributed by atoms with E-state index >= 15 is 0 Å². The average molecular weight is 508 g/mol. The monoisotopic (exact) mass is 507 g/mol. The molecule has 0 saturated heterocycles. The Morgan fingerprint density at radius 2 is 0.775 bits per heavy atom. The van der Waals surface area contributed by atoms with Crippen molar-refractivity contribution in [2.45, 2.75) is 0 Å². The second-order valence-corrected chi connectivity index (χ2v) is 10.4. The van der Waals surface area contributed by atoms with Gasteiger partial charge in [-0.15, -0.1) is 0 Å². The minimum Gasteiger partial charge on any atom is -0.248 e. The Labute approximate surface area is 234 Å². The summed E-state index contributed by atoms with van der Waals surface area (Å²) >= 11 is 0. The fraction of sp³-hybridized carbons (Fsp3) is 0. The molecule has 7 aromatic rings. The minimum atomic E-state index is 1.00. The predicted octanol–water partition coefficient (Wildman–Crippen LogP) is 10.6. The lowest BCUT2D eigenvalue weighted by Crippen LogP contribution is -1.89. The molecular weight excluding hydrogens is 482 g/mol. The maximum absolute atomic E-state index is 5.16. The van der Waals surface area contributed by atoms with Crippen molar-refractivity contribution in [3.05, 3.63) is 152 Å². The molecule has 0 radical (unpaired) electrons. The van der Waals surface area contributed by atoms with Crippen LogP contribution in [0.25, 0.3) is 77.8 Å². The molecule has 0 saturated carbocycles. The highest BCUT2D eigenvalue weighted by molar-refractivity contribution is 6.14. The van der Waals surface area contributed by atoms with Gasteiger partial charge in [-0.1, -0.05) is 115 Å². The molecule has 40 heavy (non-hydrogen) atoms. The van der Waals surface area contributed by atoms with Crippen LogP contribution in [0.5, 0.6) is 0 Å². The van der Waals surface area contributed by atoms with Crippen LogP contribution in [-0.4, -0.2) is 4.98 Å². The largest absolute Gasteiger partial charge is 0.248 e. The van der Waals surface area contributed by atoms with Crippen molar-refractivity contribution >= 4 is 10.9 Å². The fourth-order valence-corrected chi connectivity index (χ4v) is 6.07. The number of benzene rings is 6. The Balaban J connectivity index is 1.29. The molecular formula is C39H25N. The molecule has 0 spiro atoms. The minimum absolute atomic E-state index is 1.00. The molecule has 1 heteroatoms. The second kappa shape index (κ2) is 9.18. The number of rotatable bonds is 4. The molecule has 1 aliphatic rings. The van der Waals surface area contributed by atoms with E-state index in [1.54, 1.807) is 0 Å². The summed E-state index contributed by atoms with van der Waals surface area (Å²) in [5.74, 6) is 0. The van der Waals surface area contributed by atoms with Crippen LogP contribution in [-0.2, 0) is 0 Å². The maximum Gasteiger partial charge on any atom is 0.0722 e. The predicted molar refractivity (Wildman–Crippen MR) is 168 cm³/mol. The van der Waals surface area contributed by atoms with Gasteiger partial charge in [-0.3, -0.25) is 0 Å². The Morgan fingerprint density at radius 3 is 1.45 bits per heavy atom. The number of pyridine rings is 1. The summed E-state index contributed by atoms with van der Waals surface area (Å²) in [5, 5.41) is 1.26. The Kier molecular flexibility index (Phi) is 5.21. The normalized spacial score (nSPS) is 11.5. The summed E-state index contributed by atoms with van der Waals surface area (Å²) in [6, 6.07) is 54.4. The smallest absolute Gasteiger partial charge is 0.0722 e. The standard InChI is InChI=1S/C39H25N/c1-3-11-26(12-4-1)30-22-31(27-13-5-2-6-14-27)24-32(23-30)28-15-9-16-29(21-28)38-25-36-34-18-8-7-17-33(34)35-19-10-20-37(40-38)39(35)36/h1-25H. The third-order valence-corrected chi connectivity index (χ3v) is 7.98. The van der Waals surface area contributed by atoms with Crippen LogP contribution in [0.3, 0.4) is 0 Å². The van der Waals surface area contributed by atoms with Crippen LogP contribution in [0.2, 0.25) is 0 Å². The second-order valence-electron chi connectivity index (χ2n) is 10.4. The Hall–Kier alpha value is -5.27. The molecule has 1 nitrogen and oxygen atoms in total. The molecule has 8 rings (SSSR count). The topological polar surface area (TPSA) is 12.9 Å². The molecule has 6 aromatic carbocycles. The lowest BCUT2D eigenvalue weighted by molar-refractivity contribution is 1.40. The van der Waals surface area contributed by atoms with Gasteiger partial charge in [0, 0.05) is 10.9 Å². The van der Waals surface area contributed by atoms with Gasteiger partial charge in [0.25, 0.3) is 0 Å². The number of hydrogen-bond acceptors (Lipinski definition) is 1. The van der Waals surface area contributed by atoms with Gasteiger partial charge in [-0.2, -0.15) is 0 Å². The quantitative estimate of drug-likeness (QED) is 0.231. The van der Waals surface area contributed by atoms with Crippen molar-refractivity contribution in [2.75, 3.05) is 0 Å². The van der Waals surface area contributed by atoms with Crippen molar-refractivity contribution < 1.29 is 0 Å². The van der Waals surface area contributed by atoms with Crippen molar-refractivity contribution in [1.82, 2.24) is 4.98 Å². The summed E-state index contributed by atoms with van der Waals surface area (Å²) in [6.07, 6.45) is 0. The van der Waals surface area contributed by atoms with Crippen molar-refractivity contribution in [1.29, 1.82) is 0 Å². The fourth-order valence-electron chi connectivity index (χ4n) is 6.07. The SMILES string of the molecule is c1ccc(-c2cc(-c3ccccc3)cc(-c3cccc(-c4cc5c6c(cccc6n4)-c4ccccc4-5)c3)c2)cc1. The first-order chi connectivity index (χ1) is 19.8. The van der Waals surface area contributed by atoms with Gasteiger partial charge in [-0.25, -0.2) is 4.98 Å². The summed E-state index contributed by atoms with van der Waals surface area (Å²) < 4.78 is 0. The van der Waals surface area contributed by atoms with Gasteiger partial charge in [0.2, 0.25) is 0 Å². The first kappa shape index (κ1) is 22.7. The van der Waals surface area contributed by atoms with Crippen molar-refractivity contribution in [2.24, 2.45) is 0 Å². The van der Waals surface area contributed by atoms with Crippen molar-refractivity contribution in [3.8, 4) is 66.9 Å². The summed E-state index contributed by atoms with van der Waals surface area (Å²) in [6.45, 7) is 0. The van der Waals surface area contributed by atoms with Gasteiger partial charge in [0.1, 0.15) is 0 Å². The summed E-state index contributed by atoms with van der Waals surface area (Å²) in [4.78, 5) is 5.16. The van der Waals surface area contributed by atoms with Gasteiger partial charge in [0.15, 0.2) is 0 Å². The highest BCUT2D eigenvalue weighted by Gasteiger charge is 2.22. The lowest BCUT2D eigenvalue weighted by atomic mass is 9.92. The van der Waals surface area contributed by atoms with E-state index in [4.69, 9.17) is 4.98 Å². The van der Waals surface area contributed by atoms with E-state index in [0.717, 1.165) is 16.8 Å². The molecule has 0 atom stereocenters. The maximum atomic E-state index is 5.16. The summed E-state index contributed by atoms with van der Waals surface area (Å²) in [7, 11) is 0. The number of aromatic nitrogens is 1. The zero-order valence-corrected chi connectivity index (χ0v) is 21.9. The van der Waals surface area contributed by atoms with E-state index in [9.17, 15) is 0 Å². The highest BCUT2D eigenvalue weighted by atomic mass is 14.7. The highest BCUT2D eigenvalue weighted by Crippen LogP contribution is 2.47. The molecule has 1 aliphatic carbocycles. The number of hydrogen-bond donors (Lipinski definition) is 0.